The van der Waals surface area contributed by atoms with E-state index in [4.69, 9.17) is 21.4 Å². The average molecular weight is 347 g/mol. The molecule has 2 aliphatic rings. The molecule has 0 aliphatic carbocycles. The molecule has 0 saturated carbocycles. The fraction of sp³-hybridized carbons (Fsp3) is 0.389. The zero-order chi connectivity index (χ0) is 16.0. The first kappa shape index (κ1) is 15.0. The Balaban J connectivity index is 1.73. The minimum atomic E-state index is -0.00821. The molecule has 1 aromatic heterocycles. The lowest BCUT2D eigenvalue weighted by molar-refractivity contribution is -0.0291. The molecule has 0 unspecified atom stereocenters. The van der Waals surface area contributed by atoms with Crippen LogP contribution in [-0.4, -0.2) is 16.9 Å². The van der Waals surface area contributed by atoms with Crippen molar-refractivity contribution in [3.63, 3.8) is 0 Å². The largest absolute Gasteiger partial charge is 0.469 e. The molecule has 23 heavy (non-hydrogen) atoms. The van der Waals surface area contributed by atoms with Gasteiger partial charge in [0, 0.05) is 23.4 Å². The van der Waals surface area contributed by atoms with Crippen molar-refractivity contribution in [2.24, 2.45) is 11.0 Å². The summed E-state index contributed by atoms with van der Waals surface area (Å²) in [7, 11) is 0. The third kappa shape index (κ3) is 2.74. The number of ether oxygens (including phenoxy) is 1. The van der Waals surface area contributed by atoms with Gasteiger partial charge >= 0.3 is 0 Å². The van der Waals surface area contributed by atoms with E-state index in [0.717, 1.165) is 34.9 Å². The minimum Gasteiger partial charge on any atom is -0.469 e. The fourth-order valence-corrected chi connectivity index (χ4v) is 4.19. The number of halogens is 1. The summed E-state index contributed by atoms with van der Waals surface area (Å²) in [5.41, 5.74) is 2.29. The number of benzene rings is 1. The normalized spacial score (nSPS) is 22.6. The number of nitrogens with zero attached hydrogens (tertiary/aromatic N) is 2. The summed E-state index contributed by atoms with van der Waals surface area (Å²) in [5, 5.41) is 9.90. The molecule has 0 fully saturated rings. The summed E-state index contributed by atoms with van der Waals surface area (Å²) in [6.07, 6.45) is 1.86. The van der Waals surface area contributed by atoms with Crippen molar-refractivity contribution < 1.29 is 4.74 Å². The maximum absolute atomic E-state index is 6.24. The smallest absolute Gasteiger partial charge is 0.188 e. The Labute approximate surface area is 145 Å². The predicted molar refractivity (Wildman–Crippen MR) is 95.4 cm³/mol. The molecule has 0 amide bonds. The molecular weight excluding hydrogens is 328 g/mol. The molecule has 2 aliphatic heterocycles. The monoisotopic (exact) mass is 346 g/mol. The molecule has 0 radical (unpaired) electrons. The Bertz CT molecular complexity index is 741. The minimum absolute atomic E-state index is 0.00821. The Morgan fingerprint density at radius 1 is 1.39 bits per heavy atom. The van der Waals surface area contributed by atoms with E-state index in [1.54, 1.807) is 11.3 Å². The van der Waals surface area contributed by atoms with Crippen LogP contribution in [0.4, 0.5) is 0 Å². The van der Waals surface area contributed by atoms with Crippen LogP contribution < -0.4 is 4.74 Å². The van der Waals surface area contributed by atoms with E-state index in [0.29, 0.717) is 5.92 Å². The highest BCUT2D eigenvalue weighted by atomic mass is 35.5. The Kier molecular flexibility index (Phi) is 3.82. The molecule has 120 valence electrons. The highest BCUT2D eigenvalue weighted by molar-refractivity contribution is 7.12. The molecule has 0 N–H and O–H groups in total. The fourth-order valence-electron chi connectivity index (χ4n) is 3.28. The van der Waals surface area contributed by atoms with Gasteiger partial charge in [-0.2, -0.15) is 5.10 Å². The van der Waals surface area contributed by atoms with E-state index in [2.05, 4.69) is 36.4 Å². The van der Waals surface area contributed by atoms with E-state index >= 15 is 0 Å². The third-order valence-electron chi connectivity index (χ3n) is 4.31. The first-order chi connectivity index (χ1) is 11.1. The van der Waals surface area contributed by atoms with E-state index in [1.165, 1.54) is 4.88 Å². The van der Waals surface area contributed by atoms with Crippen LogP contribution in [0.2, 0.25) is 5.02 Å². The van der Waals surface area contributed by atoms with Gasteiger partial charge in [0.05, 0.1) is 16.6 Å². The highest BCUT2D eigenvalue weighted by Crippen LogP contribution is 2.45. The van der Waals surface area contributed by atoms with Crippen LogP contribution in [0.1, 0.15) is 43.2 Å². The van der Waals surface area contributed by atoms with Crippen molar-refractivity contribution >= 4 is 28.6 Å². The van der Waals surface area contributed by atoms with Crippen molar-refractivity contribution in [1.82, 2.24) is 5.01 Å². The summed E-state index contributed by atoms with van der Waals surface area (Å²) in [6, 6.07) is 10.3. The zero-order valence-corrected chi connectivity index (χ0v) is 14.8. The van der Waals surface area contributed by atoms with E-state index in [9.17, 15) is 0 Å². The number of thiophene rings is 1. The Hall–Kier alpha value is -1.52. The quantitative estimate of drug-likeness (QED) is 0.751. The zero-order valence-electron chi connectivity index (χ0n) is 13.2. The van der Waals surface area contributed by atoms with Crippen LogP contribution in [0.5, 0.6) is 5.75 Å². The number of rotatable bonds is 3. The second kappa shape index (κ2) is 5.84. The Morgan fingerprint density at radius 3 is 3.00 bits per heavy atom. The van der Waals surface area contributed by atoms with Crippen LogP contribution in [-0.2, 0) is 0 Å². The lowest BCUT2D eigenvalue weighted by atomic mass is 9.97. The Morgan fingerprint density at radius 2 is 2.26 bits per heavy atom. The summed E-state index contributed by atoms with van der Waals surface area (Å²) in [6.45, 7) is 4.44. The van der Waals surface area contributed by atoms with Gasteiger partial charge in [-0.25, -0.2) is 0 Å². The van der Waals surface area contributed by atoms with Crippen molar-refractivity contribution in [3.8, 4) is 5.75 Å². The van der Waals surface area contributed by atoms with Gasteiger partial charge in [-0.1, -0.05) is 31.5 Å². The summed E-state index contributed by atoms with van der Waals surface area (Å²) in [5.74, 6) is 1.50. The molecule has 1 aromatic carbocycles. The maximum atomic E-state index is 6.24. The van der Waals surface area contributed by atoms with Crippen molar-refractivity contribution in [3.05, 3.63) is 51.2 Å². The molecule has 0 saturated heterocycles. The standard InChI is InChI=1S/C18H19ClN2OS/c1-11(2)8-18-21-15(10-14(20-21)17-4-3-7-23-17)13-9-12(19)5-6-16(13)22-18/h3-7,9,11,15,18H,8,10H2,1-2H3/t15-,18+/m1/s1. The summed E-state index contributed by atoms with van der Waals surface area (Å²) >= 11 is 7.96. The SMILES string of the molecule is CC(C)C[C@@H]1Oc2ccc(Cl)cc2[C@H]2CC(c3cccs3)=NN12. The highest BCUT2D eigenvalue weighted by Gasteiger charge is 2.40. The van der Waals surface area contributed by atoms with Gasteiger partial charge in [0.15, 0.2) is 6.23 Å². The number of hydrogen-bond acceptors (Lipinski definition) is 4. The molecule has 4 rings (SSSR count). The van der Waals surface area contributed by atoms with Crippen LogP contribution in [0, 0.1) is 5.92 Å². The van der Waals surface area contributed by atoms with Gasteiger partial charge in [-0.15, -0.1) is 11.3 Å². The summed E-state index contributed by atoms with van der Waals surface area (Å²) in [4.78, 5) is 1.24. The maximum Gasteiger partial charge on any atom is 0.188 e. The van der Waals surface area contributed by atoms with Crippen LogP contribution in [0.3, 0.4) is 0 Å². The van der Waals surface area contributed by atoms with Gasteiger partial charge < -0.3 is 4.74 Å². The molecule has 2 atom stereocenters. The molecule has 0 bridgehead atoms. The first-order valence-electron chi connectivity index (χ1n) is 7.97. The molecule has 3 heterocycles. The lowest BCUT2D eigenvalue weighted by Crippen LogP contribution is -2.41. The lowest BCUT2D eigenvalue weighted by Gasteiger charge is -2.38. The van der Waals surface area contributed by atoms with Crippen LogP contribution in [0.15, 0.2) is 40.8 Å². The van der Waals surface area contributed by atoms with Crippen molar-refractivity contribution in [2.45, 2.75) is 39.0 Å². The average Bonchev–Trinajstić information content (AvgIpc) is 3.16. The van der Waals surface area contributed by atoms with Crippen LogP contribution in [0.25, 0.3) is 0 Å². The third-order valence-corrected chi connectivity index (χ3v) is 5.46. The van der Waals surface area contributed by atoms with E-state index in [1.807, 2.05) is 18.2 Å². The van der Waals surface area contributed by atoms with E-state index in [-0.39, 0.29) is 12.3 Å². The topological polar surface area (TPSA) is 24.8 Å². The molecule has 2 aromatic rings. The predicted octanol–water partition coefficient (Wildman–Crippen LogP) is 5.32. The van der Waals surface area contributed by atoms with Gasteiger partial charge in [-0.3, -0.25) is 5.01 Å². The number of hydrogen-bond donors (Lipinski definition) is 0. The number of fused-ring (bicyclic) bond motifs is 3. The van der Waals surface area contributed by atoms with Gasteiger partial charge in [-0.05, 0) is 35.6 Å². The van der Waals surface area contributed by atoms with Crippen molar-refractivity contribution in [1.29, 1.82) is 0 Å². The van der Waals surface area contributed by atoms with Crippen molar-refractivity contribution in [2.75, 3.05) is 0 Å². The van der Waals surface area contributed by atoms with Crippen LogP contribution >= 0.6 is 22.9 Å². The molecule has 5 heteroatoms. The van der Waals surface area contributed by atoms with Gasteiger partial charge in [0.2, 0.25) is 0 Å². The van der Waals surface area contributed by atoms with Gasteiger partial charge in [0.1, 0.15) is 5.75 Å². The molecular formula is C18H19ClN2OS. The second-order valence-electron chi connectivity index (χ2n) is 6.51. The van der Waals surface area contributed by atoms with Gasteiger partial charge in [0.25, 0.3) is 0 Å². The summed E-state index contributed by atoms with van der Waals surface area (Å²) < 4.78 is 6.24. The van der Waals surface area contributed by atoms with E-state index < -0.39 is 0 Å². The molecule has 3 nitrogen and oxygen atoms in total. The molecule has 0 spiro atoms. The number of hydrazone groups is 1. The second-order valence-corrected chi connectivity index (χ2v) is 7.89. The first-order valence-corrected chi connectivity index (χ1v) is 9.23.